The molecule has 10 aromatic carbocycles. The summed E-state index contributed by atoms with van der Waals surface area (Å²) in [6, 6.07) is 75.0. The first-order valence-corrected chi connectivity index (χ1v) is 21.9. The van der Waals surface area contributed by atoms with Crippen molar-refractivity contribution < 1.29 is 4.42 Å². The molecule has 0 unspecified atom stereocenters. The molecule has 6 heteroatoms. The van der Waals surface area contributed by atoms with Crippen molar-refractivity contribution in [3.8, 4) is 45.5 Å². The summed E-state index contributed by atoms with van der Waals surface area (Å²) in [7, 11) is 0. The van der Waals surface area contributed by atoms with E-state index in [-0.39, 0.29) is 0 Å². The molecule has 6 nitrogen and oxygen atoms in total. The van der Waals surface area contributed by atoms with Crippen molar-refractivity contribution in [3.05, 3.63) is 212 Å². The Kier molecular flexibility index (Phi) is 7.59. The van der Waals surface area contributed by atoms with E-state index in [0.29, 0.717) is 17.5 Å². The Labute approximate surface area is 371 Å². The van der Waals surface area contributed by atoms with Crippen molar-refractivity contribution in [1.82, 2.24) is 24.1 Å². The molecule has 4 aromatic heterocycles. The predicted octanol–water partition coefficient (Wildman–Crippen LogP) is 15.3. The van der Waals surface area contributed by atoms with Crippen LogP contribution in [0.1, 0.15) is 0 Å². The van der Waals surface area contributed by atoms with Crippen LogP contribution in [0.2, 0.25) is 0 Å². The van der Waals surface area contributed by atoms with Crippen LogP contribution in [0, 0.1) is 0 Å². The summed E-state index contributed by atoms with van der Waals surface area (Å²) in [5, 5.41) is 11.2. The summed E-state index contributed by atoms with van der Waals surface area (Å²) >= 11 is 0. The van der Waals surface area contributed by atoms with Crippen LogP contribution in [0.15, 0.2) is 217 Å². The number of hydrogen-bond donors (Lipinski definition) is 0. The van der Waals surface area contributed by atoms with Gasteiger partial charge in [-0.1, -0.05) is 140 Å². The van der Waals surface area contributed by atoms with Gasteiger partial charge in [-0.3, -0.25) is 0 Å². The lowest BCUT2D eigenvalue weighted by atomic mass is 10.0. The van der Waals surface area contributed by atoms with Gasteiger partial charge in [-0.25, -0.2) is 15.0 Å². The van der Waals surface area contributed by atoms with E-state index in [2.05, 4.69) is 209 Å². The molecule has 0 aliphatic carbocycles. The second-order valence-corrected chi connectivity index (χ2v) is 16.8. The summed E-state index contributed by atoms with van der Waals surface area (Å²) in [5.41, 5.74) is 10.8. The minimum absolute atomic E-state index is 0.574. The van der Waals surface area contributed by atoms with Crippen LogP contribution in [0.5, 0.6) is 0 Å². The van der Waals surface area contributed by atoms with Crippen molar-refractivity contribution in [2.24, 2.45) is 0 Å². The van der Waals surface area contributed by atoms with Gasteiger partial charge in [-0.05, 0) is 94.3 Å². The van der Waals surface area contributed by atoms with Crippen molar-refractivity contribution in [3.63, 3.8) is 0 Å². The topological polar surface area (TPSA) is 61.7 Å². The van der Waals surface area contributed by atoms with Crippen molar-refractivity contribution in [2.45, 2.75) is 0 Å². The van der Waals surface area contributed by atoms with E-state index in [1.165, 1.54) is 21.5 Å². The summed E-state index contributed by atoms with van der Waals surface area (Å²) in [6.07, 6.45) is 0. The van der Waals surface area contributed by atoms with E-state index >= 15 is 0 Å². The molecular formula is C59H35N5O. The van der Waals surface area contributed by atoms with Crippen LogP contribution < -0.4 is 0 Å². The monoisotopic (exact) mass is 829 g/mol. The number of fused-ring (bicyclic) bond motifs is 11. The number of para-hydroxylation sites is 4. The molecule has 0 aliphatic heterocycles. The highest BCUT2D eigenvalue weighted by Gasteiger charge is 2.23. The van der Waals surface area contributed by atoms with Gasteiger partial charge in [0.1, 0.15) is 5.58 Å². The molecule has 4 heterocycles. The molecule has 0 N–H and O–H groups in total. The summed E-state index contributed by atoms with van der Waals surface area (Å²) < 4.78 is 11.5. The van der Waals surface area contributed by atoms with E-state index in [1.807, 2.05) is 12.1 Å². The fourth-order valence-electron chi connectivity index (χ4n) is 10.2. The quantitative estimate of drug-likeness (QED) is 0.173. The molecular weight excluding hydrogens is 795 g/mol. The first kappa shape index (κ1) is 35.7. The van der Waals surface area contributed by atoms with E-state index in [4.69, 9.17) is 19.4 Å². The van der Waals surface area contributed by atoms with Gasteiger partial charge in [-0.2, -0.15) is 0 Å². The zero-order valence-corrected chi connectivity index (χ0v) is 34.9. The SMILES string of the molecule is c1ccc(-n2c3ccccc3c3cc(-c4nc(-c5cc(-n6c7ccccc7c7cc8ccccc8cc76)c6oc7ccccc7c6c5)nc(-c5cccc6ccccc56)n4)ccc32)cc1. The molecule has 14 aromatic rings. The number of nitrogens with zero attached hydrogens (tertiary/aromatic N) is 5. The molecule has 0 amide bonds. The lowest BCUT2D eigenvalue weighted by Gasteiger charge is -2.13. The molecule has 0 bridgehead atoms. The Balaban J connectivity index is 1.06. The molecule has 0 fully saturated rings. The van der Waals surface area contributed by atoms with Crippen LogP contribution >= 0.6 is 0 Å². The number of aromatic nitrogens is 5. The second kappa shape index (κ2) is 13.8. The molecule has 0 atom stereocenters. The Morgan fingerprint density at radius 3 is 1.69 bits per heavy atom. The average molecular weight is 830 g/mol. The predicted molar refractivity (Wildman–Crippen MR) is 267 cm³/mol. The molecule has 14 rings (SSSR count). The van der Waals surface area contributed by atoms with Gasteiger partial charge in [0.15, 0.2) is 23.1 Å². The van der Waals surface area contributed by atoms with E-state index < -0.39 is 0 Å². The van der Waals surface area contributed by atoms with Gasteiger partial charge >= 0.3 is 0 Å². The molecule has 0 spiro atoms. The van der Waals surface area contributed by atoms with Crippen molar-refractivity contribution >= 4 is 87.1 Å². The maximum Gasteiger partial charge on any atom is 0.164 e. The van der Waals surface area contributed by atoms with Crippen LogP contribution in [0.25, 0.3) is 133 Å². The van der Waals surface area contributed by atoms with Crippen LogP contribution in [0.4, 0.5) is 0 Å². The molecule has 0 aliphatic rings. The average Bonchev–Trinajstić information content (AvgIpc) is 4.02. The van der Waals surface area contributed by atoms with Gasteiger partial charge in [0.05, 0.1) is 27.8 Å². The second-order valence-electron chi connectivity index (χ2n) is 16.8. The zero-order chi connectivity index (χ0) is 42.6. The smallest absolute Gasteiger partial charge is 0.164 e. The fourth-order valence-corrected chi connectivity index (χ4v) is 10.2. The Hall–Kier alpha value is -8.87. The normalized spacial score (nSPS) is 12.0. The first-order chi connectivity index (χ1) is 32.2. The molecule has 0 saturated carbocycles. The highest BCUT2D eigenvalue weighted by molar-refractivity contribution is 6.16. The van der Waals surface area contributed by atoms with E-state index in [1.54, 1.807) is 0 Å². The van der Waals surface area contributed by atoms with Crippen molar-refractivity contribution in [1.29, 1.82) is 0 Å². The van der Waals surface area contributed by atoms with Crippen LogP contribution in [-0.2, 0) is 0 Å². The minimum atomic E-state index is 0.574. The summed E-state index contributed by atoms with van der Waals surface area (Å²) in [4.78, 5) is 16.2. The third-order valence-corrected chi connectivity index (χ3v) is 13.1. The fraction of sp³-hybridized carbons (Fsp3) is 0. The summed E-state index contributed by atoms with van der Waals surface area (Å²) in [6.45, 7) is 0. The Bertz CT molecular complexity index is 4250. The lowest BCUT2D eigenvalue weighted by molar-refractivity contribution is 0.666. The molecule has 0 saturated heterocycles. The maximum atomic E-state index is 6.85. The number of benzene rings is 10. The summed E-state index contributed by atoms with van der Waals surface area (Å²) in [5.74, 6) is 1.78. The highest BCUT2D eigenvalue weighted by Crippen LogP contribution is 2.42. The zero-order valence-electron chi connectivity index (χ0n) is 34.9. The van der Waals surface area contributed by atoms with Crippen LogP contribution in [0.3, 0.4) is 0 Å². The molecule has 65 heavy (non-hydrogen) atoms. The largest absolute Gasteiger partial charge is 0.454 e. The third-order valence-electron chi connectivity index (χ3n) is 13.1. The molecule has 302 valence electrons. The van der Waals surface area contributed by atoms with Gasteiger partial charge in [0, 0.05) is 54.7 Å². The maximum absolute atomic E-state index is 6.85. The first-order valence-electron chi connectivity index (χ1n) is 21.9. The van der Waals surface area contributed by atoms with Gasteiger partial charge < -0.3 is 13.6 Å². The van der Waals surface area contributed by atoms with Crippen LogP contribution in [-0.4, -0.2) is 24.1 Å². The Morgan fingerprint density at radius 2 is 0.892 bits per heavy atom. The van der Waals surface area contributed by atoms with Gasteiger partial charge in [-0.15, -0.1) is 0 Å². The van der Waals surface area contributed by atoms with Gasteiger partial charge in [0.2, 0.25) is 0 Å². The Morgan fingerprint density at radius 1 is 0.323 bits per heavy atom. The highest BCUT2D eigenvalue weighted by atomic mass is 16.3. The molecule has 0 radical (unpaired) electrons. The van der Waals surface area contributed by atoms with E-state index in [9.17, 15) is 0 Å². The van der Waals surface area contributed by atoms with E-state index in [0.717, 1.165) is 93.6 Å². The van der Waals surface area contributed by atoms with Crippen molar-refractivity contribution in [2.75, 3.05) is 0 Å². The number of hydrogen-bond acceptors (Lipinski definition) is 4. The van der Waals surface area contributed by atoms with Gasteiger partial charge in [0.25, 0.3) is 0 Å². The standard InChI is InChI=1S/C59H35N5O/c1-2-19-41(20-3-1)63-50-26-11-8-22-43(50)47-32-39(29-30-52(47)63)57-60-58(62-59(61-57)46-25-14-18-36-15-6-7-21-42(36)46)40-33-49-45-24-10-13-28-55(45)65-56(49)54(35-40)64-51-27-12-9-23-44(51)48-31-37-16-4-5-17-38(37)34-53(48)64/h1-35H. The lowest BCUT2D eigenvalue weighted by Crippen LogP contribution is -2.02. The number of furan rings is 1. The number of rotatable bonds is 5. The minimum Gasteiger partial charge on any atom is -0.454 e. The third kappa shape index (κ3) is 5.44.